The maximum Gasteiger partial charge on any atom is 0.413 e. The molecule has 0 bridgehead atoms. The van der Waals surface area contributed by atoms with Gasteiger partial charge in [-0.2, -0.15) is 9.97 Å². The summed E-state index contributed by atoms with van der Waals surface area (Å²) in [6.07, 6.45) is 3.41. The molecular formula is C27H29ClFN5O3S2. The minimum absolute atomic E-state index is 0.128. The number of likely N-dealkylation sites (tertiary alicyclic amines) is 1. The second kappa shape index (κ2) is 11.0. The van der Waals surface area contributed by atoms with Crippen molar-refractivity contribution in [2.45, 2.75) is 50.3 Å². The summed E-state index contributed by atoms with van der Waals surface area (Å²) >= 11 is 9.32. The Morgan fingerprint density at radius 2 is 2.08 bits per heavy atom. The number of thioether (sulfide) groups is 1. The first-order valence-electron chi connectivity index (χ1n) is 12.5. The first-order chi connectivity index (χ1) is 18.5. The van der Waals surface area contributed by atoms with E-state index in [2.05, 4.69) is 32.2 Å². The van der Waals surface area contributed by atoms with Gasteiger partial charge in [0.25, 0.3) is 0 Å². The van der Waals surface area contributed by atoms with Crippen LogP contribution in [0, 0.1) is 5.82 Å². The van der Waals surface area contributed by atoms with E-state index in [1.54, 1.807) is 39.0 Å². The van der Waals surface area contributed by atoms with Gasteiger partial charge in [0.05, 0.1) is 15.2 Å². The van der Waals surface area contributed by atoms with Crippen LogP contribution in [0.15, 0.2) is 29.3 Å². The maximum atomic E-state index is 16.3. The van der Waals surface area contributed by atoms with Crippen LogP contribution < -0.4 is 10.1 Å². The number of thiazole rings is 1. The van der Waals surface area contributed by atoms with E-state index in [0.717, 1.165) is 24.1 Å². The number of rotatable bonds is 6. The van der Waals surface area contributed by atoms with Crippen LogP contribution in [0.25, 0.3) is 32.2 Å². The summed E-state index contributed by atoms with van der Waals surface area (Å²) in [7, 11) is 2.07. The number of amides is 1. The van der Waals surface area contributed by atoms with Crippen molar-refractivity contribution in [2.24, 2.45) is 0 Å². The molecule has 1 aliphatic rings. The van der Waals surface area contributed by atoms with Crippen LogP contribution in [0.1, 0.15) is 33.6 Å². The van der Waals surface area contributed by atoms with Crippen LogP contribution in [-0.2, 0) is 4.74 Å². The van der Waals surface area contributed by atoms with Crippen LogP contribution in [0.3, 0.4) is 0 Å². The largest absolute Gasteiger partial charge is 0.462 e. The third kappa shape index (κ3) is 5.91. The zero-order chi connectivity index (χ0) is 27.9. The molecule has 2 aromatic carbocycles. The molecular weight excluding hydrogens is 561 g/mol. The van der Waals surface area contributed by atoms with E-state index < -0.39 is 17.5 Å². The Morgan fingerprint density at radius 3 is 2.77 bits per heavy atom. The van der Waals surface area contributed by atoms with Gasteiger partial charge in [0, 0.05) is 22.6 Å². The minimum Gasteiger partial charge on any atom is -0.462 e. The number of halogens is 2. The lowest BCUT2D eigenvalue weighted by atomic mass is 10.0. The van der Waals surface area contributed by atoms with E-state index in [0.29, 0.717) is 33.2 Å². The lowest BCUT2D eigenvalue weighted by molar-refractivity contribution is 0.0636. The summed E-state index contributed by atoms with van der Waals surface area (Å²) in [5.74, 6) is -0.583. The zero-order valence-corrected chi connectivity index (χ0v) is 24.7. The van der Waals surface area contributed by atoms with Crippen molar-refractivity contribution in [3.8, 4) is 17.1 Å². The predicted molar refractivity (Wildman–Crippen MR) is 156 cm³/mol. The molecule has 3 heterocycles. The highest BCUT2D eigenvalue weighted by Crippen LogP contribution is 2.42. The molecule has 1 fully saturated rings. The molecule has 0 unspecified atom stereocenters. The molecule has 206 valence electrons. The van der Waals surface area contributed by atoms with E-state index in [-0.39, 0.29) is 28.2 Å². The average molecular weight is 590 g/mol. The quantitative estimate of drug-likeness (QED) is 0.186. The second-order valence-electron chi connectivity index (χ2n) is 10.3. The molecule has 12 heteroatoms. The third-order valence-electron chi connectivity index (χ3n) is 6.39. The molecule has 0 saturated carbocycles. The molecule has 1 N–H and O–H groups in total. The number of nitrogens with one attached hydrogen (secondary N) is 1. The van der Waals surface area contributed by atoms with Crippen LogP contribution in [0.2, 0.25) is 5.02 Å². The van der Waals surface area contributed by atoms with Gasteiger partial charge in [-0.1, -0.05) is 35.1 Å². The molecule has 0 radical (unpaired) electrons. The van der Waals surface area contributed by atoms with Crippen molar-refractivity contribution in [2.75, 3.05) is 31.8 Å². The summed E-state index contributed by atoms with van der Waals surface area (Å²) in [5.41, 5.74) is 0.651. The minimum atomic E-state index is -0.652. The van der Waals surface area contributed by atoms with Crippen LogP contribution in [0.5, 0.6) is 6.01 Å². The fourth-order valence-corrected chi connectivity index (χ4v) is 6.29. The van der Waals surface area contributed by atoms with Crippen molar-refractivity contribution in [1.82, 2.24) is 19.9 Å². The van der Waals surface area contributed by atoms with E-state index in [1.807, 2.05) is 12.3 Å². The number of para-hydroxylation sites is 1. The topological polar surface area (TPSA) is 89.5 Å². The number of aromatic nitrogens is 3. The summed E-state index contributed by atoms with van der Waals surface area (Å²) in [4.78, 5) is 28.1. The highest BCUT2D eigenvalue weighted by molar-refractivity contribution is 7.98. The number of anilines is 1. The Morgan fingerprint density at radius 1 is 1.28 bits per heavy atom. The zero-order valence-electron chi connectivity index (χ0n) is 22.3. The lowest BCUT2D eigenvalue weighted by Gasteiger charge is -2.19. The van der Waals surface area contributed by atoms with Crippen LogP contribution in [-0.4, -0.2) is 64.0 Å². The summed E-state index contributed by atoms with van der Waals surface area (Å²) in [6, 6.07) is 7.49. The van der Waals surface area contributed by atoms with E-state index in [4.69, 9.17) is 21.1 Å². The standard InChI is InChI=1S/C27H29ClFN5O3S2/c1-27(2,3)37-26(35)33-25-31-21-15(9-6-10-18(21)39-25)19-17(28)12-16-22(20(19)29)30-24(32-23(16)38-5)36-13-14-8-7-11-34(14)4/h6,9-10,12,14H,7-8,11,13H2,1-5H3,(H,31,33,35)/t14-/m0/s1. The van der Waals surface area contributed by atoms with Crippen molar-refractivity contribution < 1.29 is 18.7 Å². The molecule has 1 amide bonds. The fourth-order valence-electron chi connectivity index (χ4n) is 4.57. The Labute approximate surface area is 239 Å². The van der Waals surface area contributed by atoms with Gasteiger partial charge >= 0.3 is 12.1 Å². The number of nitrogens with zero attached hydrogens (tertiary/aromatic N) is 4. The number of hydrogen-bond donors (Lipinski definition) is 1. The predicted octanol–water partition coefficient (Wildman–Crippen LogP) is 7.24. The van der Waals surface area contributed by atoms with Crippen molar-refractivity contribution in [3.05, 3.63) is 35.1 Å². The molecule has 39 heavy (non-hydrogen) atoms. The van der Waals surface area contributed by atoms with E-state index in [1.165, 1.54) is 23.1 Å². The smallest absolute Gasteiger partial charge is 0.413 e. The Bertz CT molecular complexity index is 1560. The van der Waals surface area contributed by atoms with E-state index >= 15 is 4.39 Å². The van der Waals surface area contributed by atoms with Gasteiger partial charge < -0.3 is 14.4 Å². The van der Waals surface area contributed by atoms with Gasteiger partial charge in [-0.05, 0) is 65.6 Å². The highest BCUT2D eigenvalue weighted by Gasteiger charge is 2.25. The fraction of sp³-hybridized carbons (Fsp3) is 0.407. The normalized spacial score (nSPS) is 16.2. The van der Waals surface area contributed by atoms with Crippen molar-refractivity contribution in [1.29, 1.82) is 0 Å². The average Bonchev–Trinajstić information content (AvgIpc) is 3.46. The second-order valence-corrected chi connectivity index (χ2v) is 12.6. The highest BCUT2D eigenvalue weighted by atomic mass is 35.5. The van der Waals surface area contributed by atoms with Crippen LogP contribution in [0.4, 0.5) is 14.3 Å². The van der Waals surface area contributed by atoms with Gasteiger partial charge in [0.1, 0.15) is 22.8 Å². The third-order valence-corrected chi connectivity index (χ3v) is 8.33. The van der Waals surface area contributed by atoms with Crippen molar-refractivity contribution >= 4 is 67.0 Å². The number of likely N-dealkylation sites (N-methyl/N-ethyl adjacent to an activating group) is 1. The number of carbonyl (C=O) groups is 1. The molecule has 2 aromatic heterocycles. The molecule has 0 aliphatic carbocycles. The van der Waals surface area contributed by atoms with E-state index in [9.17, 15) is 4.79 Å². The number of ether oxygens (including phenoxy) is 2. The molecule has 1 aliphatic heterocycles. The summed E-state index contributed by atoms with van der Waals surface area (Å²) in [6.45, 7) is 6.80. The monoisotopic (exact) mass is 589 g/mol. The van der Waals surface area contributed by atoms with Gasteiger partial charge in [0.15, 0.2) is 10.9 Å². The molecule has 1 atom stereocenters. The number of fused-ring (bicyclic) bond motifs is 2. The lowest BCUT2D eigenvalue weighted by Crippen LogP contribution is -2.30. The van der Waals surface area contributed by atoms with Crippen molar-refractivity contribution in [3.63, 3.8) is 0 Å². The number of hydrogen-bond acceptors (Lipinski definition) is 9. The first-order valence-corrected chi connectivity index (χ1v) is 14.9. The molecule has 8 nitrogen and oxygen atoms in total. The van der Waals surface area contributed by atoms with Gasteiger partial charge in [-0.25, -0.2) is 14.2 Å². The molecule has 1 saturated heterocycles. The van der Waals surface area contributed by atoms with Gasteiger partial charge in [-0.15, -0.1) is 11.8 Å². The van der Waals surface area contributed by atoms with Gasteiger partial charge in [-0.3, -0.25) is 5.32 Å². The number of carbonyl (C=O) groups excluding carboxylic acids is 1. The molecule has 0 spiro atoms. The first kappa shape index (κ1) is 27.8. The Balaban J connectivity index is 1.54. The summed E-state index contributed by atoms with van der Waals surface area (Å²) in [5, 5.41) is 4.30. The Hall–Kier alpha value is -2.73. The molecule has 5 rings (SSSR count). The van der Waals surface area contributed by atoms with Gasteiger partial charge in [0.2, 0.25) is 0 Å². The van der Waals surface area contributed by atoms with Crippen LogP contribution >= 0.6 is 34.7 Å². The Kier molecular flexibility index (Phi) is 7.87. The maximum absolute atomic E-state index is 16.3. The molecule has 4 aromatic rings. The number of benzene rings is 2. The summed E-state index contributed by atoms with van der Waals surface area (Å²) < 4.78 is 28.3. The SMILES string of the molecule is CSc1nc(OC[C@@H]2CCCN2C)nc2c(F)c(-c3cccc4sc(NC(=O)OC(C)(C)C)nc34)c(Cl)cc12.